The average Bonchev–Trinajstić information content (AvgIpc) is 2.88. The molecule has 1 amide bonds. The van der Waals surface area contributed by atoms with Gasteiger partial charge in [0.25, 0.3) is 5.91 Å². The van der Waals surface area contributed by atoms with Gasteiger partial charge >= 0.3 is 0 Å². The van der Waals surface area contributed by atoms with Crippen LogP contribution in [0.5, 0.6) is 11.5 Å². The zero-order valence-corrected chi connectivity index (χ0v) is 21.0. The number of carbonyl (C=O) groups is 1. The molecule has 0 aromatic heterocycles. The smallest absolute Gasteiger partial charge is 0.260 e. The van der Waals surface area contributed by atoms with Crippen LogP contribution in [-0.4, -0.2) is 50.8 Å². The minimum Gasteiger partial charge on any atom is -0.457 e. The van der Waals surface area contributed by atoms with Crippen LogP contribution in [0.3, 0.4) is 0 Å². The van der Waals surface area contributed by atoms with Crippen molar-refractivity contribution in [2.24, 2.45) is 5.10 Å². The molecule has 4 rings (SSSR count). The van der Waals surface area contributed by atoms with Crippen molar-refractivity contribution in [2.45, 2.75) is 19.4 Å². The van der Waals surface area contributed by atoms with E-state index in [2.05, 4.69) is 27.6 Å². The van der Waals surface area contributed by atoms with Crippen molar-refractivity contribution in [3.05, 3.63) is 90.5 Å². The van der Waals surface area contributed by atoms with E-state index in [9.17, 15) is 13.2 Å². The van der Waals surface area contributed by atoms with E-state index >= 15 is 0 Å². The fourth-order valence-corrected chi connectivity index (χ4v) is 4.79. The van der Waals surface area contributed by atoms with Crippen molar-refractivity contribution in [3.8, 4) is 11.5 Å². The van der Waals surface area contributed by atoms with E-state index in [0.717, 1.165) is 48.7 Å². The molecule has 8 nitrogen and oxygen atoms in total. The van der Waals surface area contributed by atoms with Gasteiger partial charge in [-0.25, -0.2) is 13.8 Å². The van der Waals surface area contributed by atoms with Crippen LogP contribution in [0.1, 0.15) is 18.4 Å². The summed E-state index contributed by atoms with van der Waals surface area (Å²) in [6, 6.07) is 26.1. The van der Waals surface area contributed by atoms with Crippen LogP contribution in [0.15, 0.2) is 90.0 Å². The number of piperidine rings is 1. The number of sulfonamides is 1. The lowest BCUT2D eigenvalue weighted by Crippen LogP contribution is -2.40. The van der Waals surface area contributed by atoms with E-state index in [4.69, 9.17) is 4.74 Å². The molecule has 0 atom stereocenters. The summed E-state index contributed by atoms with van der Waals surface area (Å²) in [5.74, 6) is 0.742. The zero-order valence-electron chi connectivity index (χ0n) is 20.2. The molecule has 0 saturated carbocycles. The first-order valence-electron chi connectivity index (χ1n) is 11.8. The van der Waals surface area contributed by atoms with Crippen LogP contribution in [0.2, 0.25) is 0 Å². The number of ether oxygens (including phenoxy) is 1. The van der Waals surface area contributed by atoms with Gasteiger partial charge in [-0.05, 0) is 42.0 Å². The number of likely N-dealkylation sites (tertiary alicyclic amines) is 1. The third kappa shape index (κ3) is 7.40. The van der Waals surface area contributed by atoms with Crippen LogP contribution in [-0.2, 0) is 21.4 Å². The highest BCUT2D eigenvalue weighted by Crippen LogP contribution is 2.25. The molecule has 0 aliphatic carbocycles. The van der Waals surface area contributed by atoms with Crippen LogP contribution in [0, 0.1) is 0 Å². The van der Waals surface area contributed by atoms with Gasteiger partial charge in [-0.15, -0.1) is 0 Å². The second-order valence-electron chi connectivity index (χ2n) is 8.65. The quantitative estimate of drug-likeness (QED) is 0.443. The number of nitrogens with one attached hydrogen (secondary N) is 1. The molecule has 1 heterocycles. The Labute approximate surface area is 212 Å². The number of carbonyl (C=O) groups excluding carboxylic acids is 1. The summed E-state index contributed by atoms with van der Waals surface area (Å²) >= 11 is 0. The van der Waals surface area contributed by atoms with Crippen LogP contribution >= 0.6 is 0 Å². The predicted molar refractivity (Wildman–Crippen MR) is 142 cm³/mol. The standard InChI is InChI=1S/C27H30N4O4S/c1-36(33,34)31(24-12-14-26(15-13-24)35-25-10-6-3-7-11-25)21-27(32)29-28-23-16-18-30(19-17-23)20-22-8-4-2-5-9-22/h2-15H,16-21H2,1H3,(H,29,32). The minimum absolute atomic E-state index is 0.366. The van der Waals surface area contributed by atoms with Gasteiger partial charge in [0.1, 0.15) is 18.0 Å². The normalized spacial score (nSPS) is 14.2. The number of hydrogen-bond acceptors (Lipinski definition) is 6. The number of para-hydroxylation sites is 1. The molecule has 36 heavy (non-hydrogen) atoms. The maximum Gasteiger partial charge on any atom is 0.260 e. The molecule has 0 unspecified atom stereocenters. The maximum atomic E-state index is 12.6. The Kier molecular flexibility index (Phi) is 8.35. The molecule has 1 aliphatic heterocycles. The Morgan fingerprint density at radius 3 is 2.11 bits per heavy atom. The topological polar surface area (TPSA) is 91.3 Å². The highest BCUT2D eigenvalue weighted by atomic mass is 32.2. The van der Waals surface area contributed by atoms with Gasteiger partial charge in [-0.1, -0.05) is 48.5 Å². The van der Waals surface area contributed by atoms with Crippen LogP contribution in [0.25, 0.3) is 0 Å². The molecular weight excluding hydrogens is 476 g/mol. The van der Waals surface area contributed by atoms with Gasteiger partial charge in [0.2, 0.25) is 10.0 Å². The second-order valence-corrected chi connectivity index (χ2v) is 10.6. The van der Waals surface area contributed by atoms with Crippen molar-refractivity contribution >= 4 is 27.3 Å². The fraction of sp³-hybridized carbons (Fsp3) is 0.259. The molecule has 188 valence electrons. The van der Waals surface area contributed by atoms with E-state index < -0.39 is 15.9 Å². The summed E-state index contributed by atoms with van der Waals surface area (Å²) in [7, 11) is -3.69. The first-order chi connectivity index (χ1) is 17.4. The third-order valence-corrected chi connectivity index (χ3v) is 6.95. The molecule has 1 aliphatic rings. The van der Waals surface area contributed by atoms with Gasteiger partial charge in [-0.2, -0.15) is 5.10 Å². The minimum atomic E-state index is -3.69. The van der Waals surface area contributed by atoms with Crippen LogP contribution in [0.4, 0.5) is 5.69 Å². The molecular formula is C27H30N4O4S. The first kappa shape index (κ1) is 25.4. The summed E-state index contributed by atoms with van der Waals surface area (Å²) in [4.78, 5) is 14.9. The Morgan fingerprint density at radius 2 is 1.50 bits per heavy atom. The number of amides is 1. The summed E-state index contributed by atoms with van der Waals surface area (Å²) in [5, 5.41) is 4.26. The Morgan fingerprint density at radius 1 is 0.917 bits per heavy atom. The first-order valence-corrected chi connectivity index (χ1v) is 13.6. The number of hydrazone groups is 1. The lowest BCUT2D eigenvalue weighted by atomic mass is 10.1. The SMILES string of the molecule is CS(=O)(=O)N(CC(=O)NN=C1CCN(Cc2ccccc2)CC1)c1ccc(Oc2ccccc2)cc1. The van der Waals surface area contributed by atoms with Gasteiger partial charge in [0.15, 0.2) is 0 Å². The highest BCUT2D eigenvalue weighted by Gasteiger charge is 2.21. The predicted octanol–water partition coefficient (Wildman–Crippen LogP) is 4.01. The van der Waals surface area contributed by atoms with E-state index in [1.807, 2.05) is 48.5 Å². The molecule has 3 aromatic rings. The Balaban J connectivity index is 1.31. The van der Waals surface area contributed by atoms with Crippen molar-refractivity contribution in [1.82, 2.24) is 10.3 Å². The molecule has 0 spiro atoms. The lowest BCUT2D eigenvalue weighted by molar-refractivity contribution is -0.119. The average molecular weight is 507 g/mol. The third-order valence-electron chi connectivity index (χ3n) is 5.81. The Hall–Kier alpha value is -3.69. The molecule has 9 heteroatoms. The van der Waals surface area contributed by atoms with E-state index in [1.54, 1.807) is 24.3 Å². The van der Waals surface area contributed by atoms with Crippen molar-refractivity contribution in [2.75, 3.05) is 30.2 Å². The zero-order chi connectivity index (χ0) is 25.4. The van der Waals surface area contributed by atoms with Crippen molar-refractivity contribution < 1.29 is 17.9 Å². The summed E-state index contributed by atoms with van der Waals surface area (Å²) in [6.07, 6.45) is 2.58. The van der Waals surface area contributed by atoms with Gasteiger partial charge in [0, 0.05) is 38.2 Å². The largest absolute Gasteiger partial charge is 0.457 e. The number of rotatable bonds is 9. The number of hydrogen-bond donors (Lipinski definition) is 1. The Bertz CT molecular complexity index is 1270. The van der Waals surface area contributed by atoms with E-state index in [1.165, 1.54) is 5.56 Å². The van der Waals surface area contributed by atoms with Crippen LogP contribution < -0.4 is 14.5 Å². The number of nitrogens with zero attached hydrogens (tertiary/aromatic N) is 3. The van der Waals surface area contributed by atoms with E-state index in [-0.39, 0.29) is 6.54 Å². The summed E-state index contributed by atoms with van der Waals surface area (Å²) < 4.78 is 31.6. The highest BCUT2D eigenvalue weighted by molar-refractivity contribution is 7.92. The van der Waals surface area contributed by atoms with E-state index in [0.29, 0.717) is 17.2 Å². The van der Waals surface area contributed by atoms with Crippen molar-refractivity contribution in [3.63, 3.8) is 0 Å². The summed E-state index contributed by atoms with van der Waals surface area (Å²) in [6.45, 7) is 2.24. The molecule has 0 radical (unpaired) electrons. The molecule has 3 aromatic carbocycles. The number of anilines is 1. The molecule has 1 fully saturated rings. The number of benzene rings is 3. The lowest BCUT2D eigenvalue weighted by Gasteiger charge is -2.27. The second kappa shape index (κ2) is 11.8. The summed E-state index contributed by atoms with van der Waals surface area (Å²) in [5.41, 5.74) is 5.08. The maximum absolute atomic E-state index is 12.6. The van der Waals surface area contributed by atoms with Gasteiger partial charge in [-0.3, -0.25) is 14.0 Å². The molecule has 1 saturated heterocycles. The molecule has 1 N–H and O–H groups in total. The monoisotopic (exact) mass is 506 g/mol. The molecule has 0 bridgehead atoms. The van der Waals surface area contributed by atoms with Gasteiger partial charge in [0.05, 0.1) is 11.9 Å². The fourth-order valence-electron chi connectivity index (χ4n) is 3.93. The van der Waals surface area contributed by atoms with Crippen molar-refractivity contribution in [1.29, 1.82) is 0 Å². The van der Waals surface area contributed by atoms with Gasteiger partial charge < -0.3 is 4.74 Å².